The molecule has 0 amide bonds. The number of carbonyl (C=O) groups excluding carboxylic acids is 1. The smallest absolute Gasteiger partial charge is 0.453 e. The maximum Gasteiger partial charge on any atom is 0.453 e. The molecule has 0 aliphatic heterocycles. The van der Waals surface area contributed by atoms with Gasteiger partial charge in [0.1, 0.15) is 41.2 Å². The topological polar surface area (TPSA) is 102 Å². The summed E-state index contributed by atoms with van der Waals surface area (Å²) in [4.78, 5) is 23.6. The highest BCUT2D eigenvalue weighted by Crippen LogP contribution is 2.38. The molecule has 0 saturated carbocycles. The molecule has 176 valence electrons. The van der Waals surface area contributed by atoms with Gasteiger partial charge in [0.15, 0.2) is 0 Å². The predicted octanol–water partition coefficient (Wildman–Crippen LogP) is 4.70. The van der Waals surface area contributed by atoms with Gasteiger partial charge in [-0.05, 0) is 48.4 Å². The van der Waals surface area contributed by atoms with E-state index in [1.807, 2.05) is 6.92 Å². The first-order valence-electron chi connectivity index (χ1n) is 10.0. The number of alkyl halides is 3. The summed E-state index contributed by atoms with van der Waals surface area (Å²) >= 11 is 0. The van der Waals surface area contributed by atoms with Gasteiger partial charge in [0.2, 0.25) is 11.2 Å². The zero-order chi connectivity index (χ0) is 24.5. The summed E-state index contributed by atoms with van der Waals surface area (Å²) in [7, 11) is 0. The number of hydrogen-bond acceptors (Lipinski definition) is 7. The number of benzene rings is 2. The Labute approximate surface area is 189 Å². The Morgan fingerprint density at radius 1 is 1.00 bits per heavy atom. The van der Waals surface area contributed by atoms with Crippen LogP contribution < -0.4 is 20.0 Å². The zero-order valence-electron chi connectivity index (χ0n) is 17.6. The molecule has 0 bridgehead atoms. The van der Waals surface area contributed by atoms with Crippen molar-refractivity contribution in [1.29, 1.82) is 0 Å². The average Bonchev–Trinajstić information content (AvgIpc) is 3.28. The molecule has 2 aromatic carbocycles. The number of rotatable bonds is 7. The Bertz CT molecular complexity index is 1400. The lowest BCUT2D eigenvalue weighted by Gasteiger charge is -2.14. The van der Waals surface area contributed by atoms with Crippen LogP contribution >= 0.6 is 0 Å². The van der Waals surface area contributed by atoms with Gasteiger partial charge >= 0.3 is 6.18 Å². The number of carboxylic acid groups (broad SMARTS) is 1. The van der Waals surface area contributed by atoms with E-state index >= 15 is 0 Å². The summed E-state index contributed by atoms with van der Waals surface area (Å²) in [5.74, 6) is -4.17. The molecule has 0 spiro atoms. The van der Waals surface area contributed by atoms with Crippen LogP contribution in [-0.2, 0) is 19.2 Å². The lowest BCUT2D eigenvalue weighted by Crippen LogP contribution is -2.21. The molecule has 2 heterocycles. The number of halogens is 3. The van der Waals surface area contributed by atoms with Crippen LogP contribution in [0.1, 0.15) is 34.6 Å². The molecule has 4 aromatic rings. The summed E-state index contributed by atoms with van der Waals surface area (Å²) in [6.45, 7) is 1.71. The fourth-order valence-electron chi connectivity index (χ4n) is 3.16. The third-order valence-electron chi connectivity index (χ3n) is 4.88. The fraction of sp³-hybridized carbons (Fsp3) is 0.167. The van der Waals surface area contributed by atoms with Crippen LogP contribution in [0, 0.1) is 0 Å². The van der Waals surface area contributed by atoms with Crippen molar-refractivity contribution in [2.75, 3.05) is 0 Å². The molecule has 0 fully saturated rings. The van der Waals surface area contributed by atoms with E-state index in [1.54, 1.807) is 12.1 Å². The van der Waals surface area contributed by atoms with E-state index in [0.717, 1.165) is 18.1 Å². The Morgan fingerprint density at radius 2 is 1.71 bits per heavy atom. The first kappa shape index (κ1) is 23.0. The van der Waals surface area contributed by atoms with Gasteiger partial charge in [-0.1, -0.05) is 19.1 Å². The van der Waals surface area contributed by atoms with E-state index in [1.165, 1.54) is 36.4 Å². The van der Waals surface area contributed by atoms with E-state index in [9.17, 15) is 27.9 Å². The number of furan rings is 1. The van der Waals surface area contributed by atoms with Gasteiger partial charge in [-0.2, -0.15) is 13.2 Å². The van der Waals surface area contributed by atoms with Crippen LogP contribution in [0.4, 0.5) is 13.2 Å². The Morgan fingerprint density at radius 3 is 2.32 bits per heavy atom. The van der Waals surface area contributed by atoms with Crippen LogP contribution in [0.25, 0.3) is 11.0 Å². The molecule has 10 heteroatoms. The number of aryl methyl sites for hydroxylation is 1. The first-order valence-corrected chi connectivity index (χ1v) is 10.0. The van der Waals surface area contributed by atoms with Crippen molar-refractivity contribution in [3.05, 3.63) is 87.7 Å². The fourth-order valence-corrected chi connectivity index (χ4v) is 3.16. The van der Waals surface area contributed by atoms with E-state index in [4.69, 9.17) is 18.3 Å². The van der Waals surface area contributed by atoms with Crippen molar-refractivity contribution >= 4 is 16.9 Å². The highest BCUT2D eigenvalue weighted by atomic mass is 19.4. The maximum absolute atomic E-state index is 13.7. The number of ether oxygens (including phenoxy) is 2. The van der Waals surface area contributed by atoms with E-state index in [2.05, 4.69) is 0 Å². The summed E-state index contributed by atoms with van der Waals surface area (Å²) in [5.41, 5.74) is -0.408. The molecular weight excluding hydrogens is 457 g/mol. The van der Waals surface area contributed by atoms with Gasteiger partial charge in [0.25, 0.3) is 5.76 Å². The highest BCUT2D eigenvalue weighted by Gasteiger charge is 2.40. The van der Waals surface area contributed by atoms with Crippen LogP contribution in [0.5, 0.6) is 17.2 Å². The molecule has 0 aliphatic rings. The van der Waals surface area contributed by atoms with Crippen molar-refractivity contribution in [1.82, 2.24) is 0 Å². The molecule has 7 nitrogen and oxygen atoms in total. The molecule has 0 radical (unpaired) electrons. The van der Waals surface area contributed by atoms with Gasteiger partial charge in [-0.15, -0.1) is 0 Å². The number of carbonyl (C=O) groups is 1. The second-order valence-electron chi connectivity index (χ2n) is 7.19. The molecule has 0 unspecified atom stereocenters. The first-order chi connectivity index (χ1) is 16.2. The van der Waals surface area contributed by atoms with Crippen LogP contribution in [-0.4, -0.2) is 5.97 Å². The Balaban J connectivity index is 1.67. The van der Waals surface area contributed by atoms with Crippen molar-refractivity contribution in [2.24, 2.45) is 0 Å². The molecular formula is C24H16F3O7-. The maximum atomic E-state index is 13.7. The van der Waals surface area contributed by atoms with E-state index in [0.29, 0.717) is 0 Å². The molecule has 2 aromatic heterocycles. The third-order valence-corrected chi connectivity index (χ3v) is 4.88. The summed E-state index contributed by atoms with van der Waals surface area (Å²) in [6, 6.07) is 12.6. The third kappa shape index (κ3) is 4.75. The predicted molar refractivity (Wildman–Crippen MR) is 111 cm³/mol. The molecule has 4 rings (SSSR count). The highest BCUT2D eigenvalue weighted by molar-refractivity contribution is 5.82. The van der Waals surface area contributed by atoms with Crippen LogP contribution in [0.2, 0.25) is 0 Å². The number of aromatic carboxylic acids is 1. The SMILES string of the molecule is CCc1ccc(Oc2c(C(F)(F)F)oc3cc(OCc4ccc(C(=O)[O-])o4)ccc3c2=O)cc1. The van der Waals surface area contributed by atoms with Crippen LogP contribution in [0.15, 0.2) is 68.2 Å². The van der Waals surface area contributed by atoms with Gasteiger partial charge in [0.05, 0.1) is 5.39 Å². The molecule has 34 heavy (non-hydrogen) atoms. The van der Waals surface area contributed by atoms with Crippen molar-refractivity contribution in [2.45, 2.75) is 26.1 Å². The largest absolute Gasteiger partial charge is 0.542 e. The quantitative estimate of drug-likeness (QED) is 0.383. The molecule has 0 atom stereocenters. The summed E-state index contributed by atoms with van der Waals surface area (Å²) in [5, 5.41) is 10.6. The molecule has 0 aliphatic carbocycles. The zero-order valence-corrected chi connectivity index (χ0v) is 17.6. The van der Waals surface area contributed by atoms with Gasteiger partial charge < -0.3 is 28.2 Å². The minimum absolute atomic E-state index is 0.0590. The summed E-state index contributed by atoms with van der Waals surface area (Å²) < 4.78 is 61.9. The van der Waals surface area contributed by atoms with Crippen molar-refractivity contribution < 1.29 is 41.4 Å². The second kappa shape index (κ2) is 8.97. The van der Waals surface area contributed by atoms with Gasteiger partial charge in [0, 0.05) is 6.07 Å². The number of carboxylic acids is 1. The Hall–Kier alpha value is -4.21. The molecule has 0 N–H and O–H groups in total. The van der Waals surface area contributed by atoms with Crippen molar-refractivity contribution in [3.63, 3.8) is 0 Å². The second-order valence-corrected chi connectivity index (χ2v) is 7.19. The minimum atomic E-state index is -5.00. The standard InChI is InChI=1S/C24H17F3O7/c1-2-13-3-5-14(6-4-13)33-21-20(28)17-9-7-15(11-19(17)34-22(21)24(25,26)27)31-12-16-8-10-18(32-16)23(29)30/h3-11H,2,12H2,1H3,(H,29,30)/p-1. The average molecular weight is 473 g/mol. The van der Waals surface area contributed by atoms with Gasteiger partial charge in [-0.3, -0.25) is 4.79 Å². The van der Waals surface area contributed by atoms with Crippen LogP contribution in [0.3, 0.4) is 0 Å². The van der Waals surface area contributed by atoms with E-state index < -0.39 is 34.8 Å². The lowest BCUT2D eigenvalue weighted by molar-refractivity contribution is -0.257. The monoisotopic (exact) mass is 473 g/mol. The molecule has 0 saturated heterocycles. The van der Waals surface area contributed by atoms with Crippen molar-refractivity contribution in [3.8, 4) is 17.2 Å². The number of fused-ring (bicyclic) bond motifs is 1. The Kier molecular flexibility index (Phi) is 6.06. The number of hydrogen-bond donors (Lipinski definition) is 0. The summed E-state index contributed by atoms with van der Waals surface area (Å²) in [6.07, 6.45) is -4.27. The van der Waals surface area contributed by atoms with E-state index in [-0.39, 0.29) is 34.8 Å². The minimum Gasteiger partial charge on any atom is -0.542 e. The normalized spacial score (nSPS) is 11.5. The van der Waals surface area contributed by atoms with Gasteiger partial charge in [-0.25, -0.2) is 0 Å². The lowest BCUT2D eigenvalue weighted by atomic mass is 10.1.